The molecular formula is C35H34F2N6O4S. The van der Waals surface area contributed by atoms with Gasteiger partial charge in [-0.1, -0.05) is 13.2 Å². The van der Waals surface area contributed by atoms with Gasteiger partial charge in [0, 0.05) is 72.4 Å². The van der Waals surface area contributed by atoms with Crippen LogP contribution in [0.1, 0.15) is 35.6 Å². The summed E-state index contributed by atoms with van der Waals surface area (Å²) in [5, 5.41) is 9.21. The van der Waals surface area contributed by atoms with E-state index in [9.17, 15) is 14.0 Å². The van der Waals surface area contributed by atoms with E-state index in [4.69, 9.17) is 19.6 Å². The third kappa shape index (κ3) is 5.84. The highest BCUT2D eigenvalue weighted by molar-refractivity contribution is 7.18. The maximum atomic E-state index is 16.0. The van der Waals surface area contributed by atoms with Crippen molar-refractivity contribution in [2.75, 3.05) is 40.5 Å². The molecule has 0 spiro atoms. The summed E-state index contributed by atoms with van der Waals surface area (Å²) in [6, 6.07) is 5.40. The Morgan fingerprint density at radius 1 is 1.19 bits per heavy atom. The summed E-state index contributed by atoms with van der Waals surface area (Å²) in [4.78, 5) is 37.9. The SMILES string of the molecule is C=CC(=O)N1CCN(/N=C(\C)c2nc(-c3cnc4c(c3)CN(C)C4=O)c3ccsc3c2-c2c(F)cc(F)cc2OCCOC)C(=C)[C@H]1C. The minimum atomic E-state index is -0.823. The van der Waals surface area contributed by atoms with Crippen LogP contribution in [0.4, 0.5) is 8.78 Å². The second-order valence-corrected chi connectivity index (χ2v) is 12.5. The smallest absolute Gasteiger partial charge is 0.272 e. The molecule has 2 aliphatic heterocycles. The molecule has 4 aromatic rings. The number of aromatic nitrogens is 2. The number of fused-ring (bicyclic) bond motifs is 2. The van der Waals surface area contributed by atoms with Gasteiger partial charge in [-0.2, -0.15) is 5.10 Å². The van der Waals surface area contributed by atoms with Gasteiger partial charge in [0.1, 0.15) is 29.7 Å². The molecule has 0 aliphatic carbocycles. The quantitative estimate of drug-likeness (QED) is 0.125. The lowest BCUT2D eigenvalue weighted by Gasteiger charge is -2.39. The molecule has 6 rings (SSSR count). The highest BCUT2D eigenvalue weighted by Crippen LogP contribution is 2.45. The van der Waals surface area contributed by atoms with E-state index in [2.05, 4.69) is 18.1 Å². The van der Waals surface area contributed by atoms with E-state index in [1.807, 2.05) is 24.4 Å². The first kappa shape index (κ1) is 32.9. The number of halogens is 2. The number of ether oxygens (including phenoxy) is 2. The van der Waals surface area contributed by atoms with Gasteiger partial charge in [-0.15, -0.1) is 11.3 Å². The van der Waals surface area contributed by atoms with Crippen molar-refractivity contribution in [2.24, 2.45) is 5.10 Å². The molecule has 1 aromatic carbocycles. The molecule has 2 aliphatic rings. The number of hydrogen-bond acceptors (Lipinski definition) is 9. The van der Waals surface area contributed by atoms with E-state index >= 15 is 4.39 Å². The number of piperazine rings is 1. The number of hydrogen-bond donors (Lipinski definition) is 0. The zero-order valence-electron chi connectivity index (χ0n) is 27.0. The van der Waals surface area contributed by atoms with Crippen LogP contribution in [0.15, 0.2) is 65.9 Å². The fourth-order valence-electron chi connectivity index (χ4n) is 6.04. The van der Waals surface area contributed by atoms with E-state index in [0.717, 1.165) is 17.7 Å². The first-order chi connectivity index (χ1) is 23.0. The molecule has 0 saturated carbocycles. The first-order valence-corrected chi connectivity index (χ1v) is 16.1. The van der Waals surface area contributed by atoms with Crippen LogP contribution in [0.25, 0.3) is 32.5 Å². The molecule has 2 amide bonds. The van der Waals surface area contributed by atoms with Gasteiger partial charge in [0.25, 0.3) is 5.91 Å². The minimum Gasteiger partial charge on any atom is -0.490 e. The number of thiophene rings is 1. The molecule has 13 heteroatoms. The highest BCUT2D eigenvalue weighted by atomic mass is 32.1. The Labute approximate surface area is 280 Å². The molecule has 3 aromatic heterocycles. The molecule has 5 heterocycles. The number of amides is 2. The van der Waals surface area contributed by atoms with E-state index in [-0.39, 0.29) is 42.4 Å². The normalized spacial score (nSPS) is 16.6. The number of nitrogens with zero attached hydrogens (tertiary/aromatic N) is 6. The van der Waals surface area contributed by atoms with E-state index < -0.39 is 11.6 Å². The van der Waals surface area contributed by atoms with Gasteiger partial charge in [0.2, 0.25) is 5.91 Å². The number of methoxy groups -OCH3 is 1. The summed E-state index contributed by atoms with van der Waals surface area (Å²) in [5.74, 6) is -1.97. The van der Waals surface area contributed by atoms with Crippen molar-refractivity contribution in [1.29, 1.82) is 0 Å². The first-order valence-electron chi connectivity index (χ1n) is 15.3. The standard InChI is InChI=1S/C35H34F2N6O4S/c1-7-28(44)42-9-10-43(21(4)20(42)3)40-19(2)31-30(29-26(37)15-24(36)16-27(29)47-12-11-46-6)34-25(8-13-48-34)32(39-31)22-14-23-18-41(5)35(45)33(23)38-17-22/h7-8,13-17,20H,1,4,9-12,18H2,2-3,5-6H3/b40-19+/t20-/m1/s1. The van der Waals surface area contributed by atoms with Crippen molar-refractivity contribution in [3.63, 3.8) is 0 Å². The summed E-state index contributed by atoms with van der Waals surface area (Å²) in [5.41, 5.74) is 4.18. The third-order valence-corrected chi connectivity index (χ3v) is 9.46. The van der Waals surface area contributed by atoms with Gasteiger partial charge in [-0.25, -0.2) is 13.8 Å². The predicted molar refractivity (Wildman–Crippen MR) is 181 cm³/mol. The maximum Gasteiger partial charge on any atom is 0.272 e. The Morgan fingerprint density at radius 3 is 2.73 bits per heavy atom. The summed E-state index contributed by atoms with van der Waals surface area (Å²) < 4.78 is 42.3. The number of carbonyl (C=O) groups is 2. The van der Waals surface area contributed by atoms with Crippen molar-refractivity contribution < 1.29 is 27.8 Å². The van der Waals surface area contributed by atoms with Gasteiger partial charge in [0.15, 0.2) is 0 Å². The third-order valence-electron chi connectivity index (χ3n) is 8.52. The van der Waals surface area contributed by atoms with Crippen LogP contribution in [0, 0.1) is 11.6 Å². The number of benzene rings is 1. The van der Waals surface area contributed by atoms with Gasteiger partial charge < -0.3 is 19.3 Å². The van der Waals surface area contributed by atoms with Crippen LogP contribution >= 0.6 is 11.3 Å². The van der Waals surface area contributed by atoms with Gasteiger partial charge >= 0.3 is 0 Å². The zero-order valence-corrected chi connectivity index (χ0v) is 27.9. The van der Waals surface area contributed by atoms with Crippen LogP contribution in [-0.2, 0) is 16.1 Å². The van der Waals surface area contributed by atoms with Crippen molar-refractivity contribution in [2.45, 2.75) is 26.4 Å². The fraction of sp³-hybridized carbons (Fsp3) is 0.286. The second kappa shape index (κ2) is 13.2. The largest absolute Gasteiger partial charge is 0.490 e. The second-order valence-electron chi connectivity index (χ2n) is 11.6. The molecule has 0 unspecified atom stereocenters. The van der Waals surface area contributed by atoms with Crippen LogP contribution in [0.5, 0.6) is 5.75 Å². The van der Waals surface area contributed by atoms with Gasteiger partial charge in [0.05, 0.1) is 47.6 Å². The van der Waals surface area contributed by atoms with Crippen molar-refractivity contribution in [1.82, 2.24) is 24.8 Å². The Morgan fingerprint density at radius 2 is 1.98 bits per heavy atom. The Bertz CT molecular complexity index is 2010. The molecular weight excluding hydrogens is 638 g/mol. The lowest BCUT2D eigenvalue weighted by Crippen LogP contribution is -2.50. The average molecular weight is 673 g/mol. The van der Waals surface area contributed by atoms with E-state index in [1.165, 1.54) is 24.5 Å². The highest BCUT2D eigenvalue weighted by Gasteiger charge is 2.31. The van der Waals surface area contributed by atoms with Gasteiger partial charge in [-0.05, 0) is 37.4 Å². The van der Waals surface area contributed by atoms with Crippen LogP contribution in [0.3, 0.4) is 0 Å². The number of hydrazone groups is 1. The zero-order chi connectivity index (χ0) is 34.3. The van der Waals surface area contributed by atoms with Crippen LogP contribution in [-0.4, -0.2) is 88.8 Å². The maximum absolute atomic E-state index is 16.0. The molecule has 0 radical (unpaired) electrons. The Hall–Kier alpha value is -5.01. The lowest BCUT2D eigenvalue weighted by atomic mass is 9.96. The summed E-state index contributed by atoms with van der Waals surface area (Å²) in [7, 11) is 3.23. The van der Waals surface area contributed by atoms with Crippen molar-refractivity contribution >= 4 is 38.9 Å². The topological polar surface area (TPSA) is 100 Å². The van der Waals surface area contributed by atoms with Crippen molar-refractivity contribution in [3.05, 3.63) is 89.4 Å². The molecule has 48 heavy (non-hydrogen) atoms. The predicted octanol–water partition coefficient (Wildman–Crippen LogP) is 5.87. The molecule has 1 fully saturated rings. The fourth-order valence-corrected chi connectivity index (χ4v) is 6.99. The van der Waals surface area contributed by atoms with E-state index in [1.54, 1.807) is 35.0 Å². The lowest BCUT2D eigenvalue weighted by molar-refractivity contribution is -0.128. The minimum absolute atomic E-state index is 0.00168. The average Bonchev–Trinajstić information content (AvgIpc) is 3.66. The van der Waals surface area contributed by atoms with Crippen molar-refractivity contribution in [3.8, 4) is 28.1 Å². The van der Waals surface area contributed by atoms with Crippen LogP contribution in [0.2, 0.25) is 0 Å². The number of rotatable bonds is 9. The molecule has 0 N–H and O–H groups in total. The molecule has 1 atom stereocenters. The summed E-state index contributed by atoms with van der Waals surface area (Å²) >= 11 is 1.38. The Balaban J connectivity index is 1.56. The summed E-state index contributed by atoms with van der Waals surface area (Å²) in [6.07, 6.45) is 2.88. The molecule has 248 valence electrons. The van der Waals surface area contributed by atoms with Crippen LogP contribution < -0.4 is 4.74 Å². The number of carbonyl (C=O) groups excluding carboxylic acids is 2. The monoisotopic (exact) mass is 672 g/mol. The Kier molecular flexibility index (Phi) is 9.08. The number of pyridine rings is 2. The summed E-state index contributed by atoms with van der Waals surface area (Å²) in [6.45, 7) is 12.8. The molecule has 1 saturated heterocycles. The van der Waals surface area contributed by atoms with Gasteiger partial charge in [-0.3, -0.25) is 19.6 Å². The molecule has 0 bridgehead atoms. The van der Waals surface area contributed by atoms with E-state index in [0.29, 0.717) is 69.3 Å². The molecule has 10 nitrogen and oxygen atoms in total.